The third-order valence-corrected chi connectivity index (χ3v) is 4.21. The Balaban J connectivity index is 2.25. The number of carbonyl (C=O) groups is 1. The Morgan fingerprint density at radius 1 is 1.40 bits per heavy atom. The van der Waals surface area contributed by atoms with Crippen LogP contribution in [0.1, 0.15) is 36.0 Å². The molecular formula is C13H15BrClN3O2. The summed E-state index contributed by atoms with van der Waals surface area (Å²) in [4.78, 5) is 12.3. The first-order chi connectivity index (χ1) is 9.47. The third kappa shape index (κ3) is 3.07. The van der Waals surface area contributed by atoms with Gasteiger partial charge in [0.1, 0.15) is 5.54 Å². The average molecular weight is 361 g/mol. The van der Waals surface area contributed by atoms with Gasteiger partial charge in [-0.15, -0.1) is 0 Å². The molecule has 0 aromatic heterocycles. The fourth-order valence-electron chi connectivity index (χ4n) is 2.49. The van der Waals surface area contributed by atoms with E-state index in [1.165, 1.54) is 0 Å². The lowest BCUT2D eigenvalue weighted by Crippen LogP contribution is -2.55. The van der Waals surface area contributed by atoms with E-state index in [0.29, 0.717) is 23.4 Å². The Kier molecular flexibility index (Phi) is 4.55. The van der Waals surface area contributed by atoms with E-state index >= 15 is 0 Å². The molecule has 0 aliphatic heterocycles. The van der Waals surface area contributed by atoms with Crippen molar-refractivity contribution in [3.05, 3.63) is 33.3 Å². The van der Waals surface area contributed by atoms with Crippen molar-refractivity contribution in [2.45, 2.75) is 31.2 Å². The predicted octanol–water partition coefficient (Wildman–Crippen LogP) is 2.89. The van der Waals surface area contributed by atoms with Crippen molar-refractivity contribution in [1.82, 2.24) is 5.32 Å². The highest BCUT2D eigenvalue weighted by atomic mass is 79.9. The number of halogens is 2. The van der Waals surface area contributed by atoms with Crippen LogP contribution in [-0.2, 0) is 0 Å². The summed E-state index contributed by atoms with van der Waals surface area (Å²) in [7, 11) is 0. The number of rotatable bonds is 3. The van der Waals surface area contributed by atoms with Gasteiger partial charge in [-0.2, -0.15) is 0 Å². The predicted molar refractivity (Wildman–Crippen MR) is 81.2 cm³/mol. The maximum Gasteiger partial charge on any atom is 0.252 e. The van der Waals surface area contributed by atoms with Gasteiger partial charge in [0.15, 0.2) is 5.84 Å². The molecule has 1 aliphatic rings. The van der Waals surface area contributed by atoms with Crippen molar-refractivity contribution in [2.24, 2.45) is 10.9 Å². The number of benzene rings is 1. The van der Waals surface area contributed by atoms with Crippen LogP contribution in [-0.4, -0.2) is 22.5 Å². The molecule has 0 unspecified atom stereocenters. The molecule has 0 heterocycles. The molecule has 4 N–H and O–H groups in total. The third-order valence-electron chi connectivity index (χ3n) is 3.53. The minimum atomic E-state index is -0.763. The monoisotopic (exact) mass is 359 g/mol. The van der Waals surface area contributed by atoms with Gasteiger partial charge in [-0.05, 0) is 31.0 Å². The second-order valence-electron chi connectivity index (χ2n) is 4.89. The number of hydrogen-bond donors (Lipinski definition) is 3. The molecule has 1 aliphatic carbocycles. The summed E-state index contributed by atoms with van der Waals surface area (Å²) in [5, 5.41) is 15.3. The van der Waals surface area contributed by atoms with Crippen LogP contribution in [0, 0.1) is 0 Å². The molecule has 2 rings (SSSR count). The van der Waals surface area contributed by atoms with Crippen LogP contribution in [0.25, 0.3) is 0 Å². The van der Waals surface area contributed by atoms with E-state index in [9.17, 15) is 4.79 Å². The van der Waals surface area contributed by atoms with Crippen LogP contribution in [0.5, 0.6) is 0 Å². The largest absolute Gasteiger partial charge is 0.409 e. The van der Waals surface area contributed by atoms with E-state index in [2.05, 4.69) is 26.4 Å². The first-order valence-electron chi connectivity index (χ1n) is 6.23. The van der Waals surface area contributed by atoms with Crippen LogP contribution in [0.4, 0.5) is 0 Å². The van der Waals surface area contributed by atoms with Crippen molar-refractivity contribution in [2.75, 3.05) is 0 Å². The summed E-state index contributed by atoms with van der Waals surface area (Å²) >= 11 is 9.23. The second-order valence-corrected chi connectivity index (χ2v) is 6.24. The molecule has 1 aromatic carbocycles. The van der Waals surface area contributed by atoms with Gasteiger partial charge >= 0.3 is 0 Å². The lowest BCUT2D eigenvalue weighted by atomic mass is 9.95. The van der Waals surface area contributed by atoms with E-state index in [-0.39, 0.29) is 11.7 Å². The van der Waals surface area contributed by atoms with Gasteiger partial charge in [-0.25, -0.2) is 0 Å². The zero-order valence-electron chi connectivity index (χ0n) is 10.7. The van der Waals surface area contributed by atoms with Gasteiger partial charge < -0.3 is 16.3 Å². The molecule has 20 heavy (non-hydrogen) atoms. The lowest BCUT2D eigenvalue weighted by molar-refractivity contribution is 0.0922. The topological polar surface area (TPSA) is 87.7 Å². The van der Waals surface area contributed by atoms with E-state index in [1.807, 2.05) is 0 Å². The quantitative estimate of drug-likeness (QED) is 0.335. The van der Waals surface area contributed by atoms with Crippen LogP contribution in [0.3, 0.4) is 0 Å². The van der Waals surface area contributed by atoms with Crippen molar-refractivity contribution in [1.29, 1.82) is 0 Å². The van der Waals surface area contributed by atoms with E-state index < -0.39 is 5.54 Å². The molecule has 7 heteroatoms. The highest BCUT2D eigenvalue weighted by molar-refractivity contribution is 9.10. The van der Waals surface area contributed by atoms with Crippen LogP contribution in [0.15, 0.2) is 27.8 Å². The molecule has 0 atom stereocenters. The molecule has 1 aromatic rings. The number of nitrogens with one attached hydrogen (secondary N) is 1. The van der Waals surface area contributed by atoms with Crippen LogP contribution < -0.4 is 11.1 Å². The Labute approximate surface area is 130 Å². The normalized spacial score (nSPS) is 18.0. The van der Waals surface area contributed by atoms with Crippen LogP contribution in [0.2, 0.25) is 5.02 Å². The Hall–Kier alpha value is -1.27. The SMILES string of the molecule is N/C(=N/O)C1(NC(=O)c2cc(Cl)cc(Br)c2)CCCC1. The van der Waals surface area contributed by atoms with Crippen LogP contribution >= 0.6 is 27.5 Å². The van der Waals surface area contributed by atoms with E-state index in [4.69, 9.17) is 22.5 Å². The molecule has 5 nitrogen and oxygen atoms in total. The number of amidine groups is 1. The zero-order chi connectivity index (χ0) is 14.8. The van der Waals surface area contributed by atoms with E-state index in [0.717, 1.165) is 17.3 Å². The summed E-state index contributed by atoms with van der Waals surface area (Å²) in [5.41, 5.74) is 5.42. The fraction of sp³-hybridized carbons (Fsp3) is 0.385. The number of carbonyl (C=O) groups excluding carboxylic acids is 1. The Morgan fingerprint density at radius 3 is 2.60 bits per heavy atom. The number of hydrogen-bond acceptors (Lipinski definition) is 3. The Bertz CT molecular complexity index is 536. The first-order valence-corrected chi connectivity index (χ1v) is 7.40. The second kappa shape index (κ2) is 6.01. The highest BCUT2D eigenvalue weighted by Crippen LogP contribution is 2.30. The Morgan fingerprint density at radius 2 is 2.05 bits per heavy atom. The summed E-state index contributed by atoms with van der Waals surface area (Å²) in [6.45, 7) is 0. The minimum Gasteiger partial charge on any atom is -0.409 e. The highest BCUT2D eigenvalue weighted by Gasteiger charge is 2.40. The molecule has 1 saturated carbocycles. The standard InChI is InChI=1S/C13H15BrClN3O2/c14-9-5-8(6-10(15)7-9)11(19)17-13(12(16)18-20)3-1-2-4-13/h5-7,20H,1-4H2,(H2,16,18)(H,17,19). The summed E-state index contributed by atoms with van der Waals surface area (Å²) in [5.74, 6) is -0.244. The summed E-state index contributed by atoms with van der Waals surface area (Å²) < 4.78 is 0.722. The molecule has 0 bridgehead atoms. The zero-order valence-corrected chi connectivity index (χ0v) is 13.0. The van der Waals surface area contributed by atoms with Gasteiger partial charge in [0, 0.05) is 15.1 Å². The maximum absolute atomic E-state index is 12.3. The van der Waals surface area contributed by atoms with Gasteiger partial charge in [0.05, 0.1) is 0 Å². The molecule has 1 fully saturated rings. The van der Waals surface area contributed by atoms with Crippen molar-refractivity contribution in [3.63, 3.8) is 0 Å². The molecule has 0 saturated heterocycles. The molecule has 1 amide bonds. The van der Waals surface area contributed by atoms with Crippen molar-refractivity contribution in [3.8, 4) is 0 Å². The first kappa shape index (κ1) is 15.1. The smallest absolute Gasteiger partial charge is 0.252 e. The number of nitrogens with zero attached hydrogens (tertiary/aromatic N) is 1. The summed E-state index contributed by atoms with van der Waals surface area (Å²) in [6.07, 6.45) is 3.18. The number of nitrogens with two attached hydrogens (primary N) is 1. The lowest BCUT2D eigenvalue weighted by Gasteiger charge is -2.28. The average Bonchev–Trinajstić information content (AvgIpc) is 2.86. The van der Waals surface area contributed by atoms with Gasteiger partial charge in [-0.3, -0.25) is 4.79 Å². The molecular weight excluding hydrogens is 346 g/mol. The molecule has 0 spiro atoms. The van der Waals surface area contributed by atoms with E-state index in [1.54, 1.807) is 18.2 Å². The van der Waals surface area contributed by atoms with Gasteiger partial charge in [-0.1, -0.05) is 45.5 Å². The van der Waals surface area contributed by atoms with Gasteiger partial charge in [0.25, 0.3) is 5.91 Å². The number of oxime groups is 1. The maximum atomic E-state index is 12.3. The molecule has 108 valence electrons. The van der Waals surface area contributed by atoms with Gasteiger partial charge in [0.2, 0.25) is 0 Å². The summed E-state index contributed by atoms with van der Waals surface area (Å²) in [6, 6.07) is 4.96. The fourth-order valence-corrected chi connectivity index (χ4v) is 3.35. The van der Waals surface area contributed by atoms with Crippen molar-refractivity contribution < 1.29 is 10.0 Å². The molecule has 0 radical (unpaired) electrons. The van der Waals surface area contributed by atoms with Crippen molar-refractivity contribution >= 4 is 39.3 Å². The minimum absolute atomic E-state index is 0.0458. The number of amides is 1.